The maximum atomic E-state index is 3.41. The van der Waals surface area contributed by atoms with Crippen LogP contribution in [-0.2, 0) is 0 Å². The Morgan fingerprint density at radius 1 is 2.00 bits per heavy atom. The van der Waals surface area contributed by atoms with Gasteiger partial charge in [0.15, 0.2) is 0 Å². The molecule has 1 rings (SSSR count). The Labute approximate surface area is 50.7 Å². The third-order valence-electron chi connectivity index (χ3n) is 0.691. The first kappa shape index (κ1) is 5.26. The topological polar surface area (TPSA) is 12.0 Å². The van der Waals surface area contributed by atoms with Crippen LogP contribution in [0.1, 0.15) is 6.92 Å². The Kier molecular flexibility index (Phi) is 2.13. The molecule has 0 aliphatic carbocycles. The Hall–Kier alpha value is 1.12. The predicted octanol–water partition coefficient (Wildman–Crippen LogP) is -2.42. The summed E-state index contributed by atoms with van der Waals surface area (Å²) in [7, 11) is 1.09. The molecule has 1 fully saturated rings. The first-order valence-corrected chi connectivity index (χ1v) is 5.53. The molecule has 0 saturated carbocycles. The number of nitrogens with one attached hydrogen (secondary N) is 1. The zero-order valence-electron chi connectivity index (χ0n) is 3.66. The van der Waals surface area contributed by atoms with Crippen molar-refractivity contribution >= 4 is 8.73 Å². The summed E-state index contributed by atoms with van der Waals surface area (Å²) < 4.78 is 4.47. The van der Waals surface area contributed by atoms with Crippen molar-refractivity contribution in [3.05, 3.63) is 0 Å². The molecule has 2 unspecified atom stereocenters. The molecule has 1 heterocycles. The molecular weight excluding hydrogens is 208 g/mol. The van der Waals surface area contributed by atoms with E-state index < -0.39 is 0 Å². The monoisotopic (exact) mass is 216 g/mol. The molecule has 6 heavy (non-hydrogen) atoms. The van der Waals surface area contributed by atoms with Crippen LogP contribution < -0.4 is 24.8 Å². The Morgan fingerprint density at radius 2 is 2.83 bits per heavy atom. The molecular formula is C3H8INP-. The van der Waals surface area contributed by atoms with Crippen LogP contribution in [0.25, 0.3) is 0 Å². The number of hydrogen-bond donors (Lipinski definition) is 1. The molecule has 0 aromatic rings. The molecule has 0 radical (unpaired) electrons. The van der Waals surface area contributed by atoms with Gasteiger partial charge < -0.3 is 0 Å². The molecule has 38 valence electrons. The zero-order chi connectivity index (χ0) is 4.41. The first-order valence-electron chi connectivity index (χ1n) is 2.00. The second kappa shape index (κ2) is 2.43. The summed E-state index contributed by atoms with van der Waals surface area (Å²) in [4.78, 5) is 0. The molecule has 1 aliphatic rings. The number of alkyl halides is 1. The molecule has 0 aromatic carbocycles. The fourth-order valence-corrected chi connectivity index (χ4v) is 5.29. The average molecular weight is 216 g/mol. The van der Waals surface area contributed by atoms with E-state index in [1.54, 1.807) is 0 Å². The van der Waals surface area contributed by atoms with Gasteiger partial charge in [-0.05, 0) is 0 Å². The summed E-state index contributed by atoms with van der Waals surface area (Å²) in [6, 6.07) is 0. The first-order chi connectivity index (χ1) is 2.89. The van der Waals surface area contributed by atoms with Crippen LogP contribution in [0.15, 0.2) is 0 Å². The molecule has 1 aliphatic heterocycles. The number of halogens is 1. The molecule has 0 aromatic heterocycles. The molecule has 0 amide bonds. The van der Waals surface area contributed by atoms with Crippen molar-refractivity contribution in [3.8, 4) is 0 Å². The van der Waals surface area contributed by atoms with E-state index in [0.29, 0.717) is 21.5 Å². The van der Waals surface area contributed by atoms with E-state index in [0.717, 1.165) is 12.7 Å². The Bertz CT molecular complexity index is 44.1. The van der Waals surface area contributed by atoms with E-state index in [1.807, 2.05) is 0 Å². The van der Waals surface area contributed by atoms with E-state index in [-0.39, 0.29) is 0 Å². The Balaban J connectivity index is 2.18. The summed E-state index contributed by atoms with van der Waals surface area (Å²) >= 11 is 0.442. The minimum absolute atomic E-state index is 0.442. The molecule has 0 bridgehead atoms. The second-order valence-electron chi connectivity index (χ2n) is 1.37. The molecule has 0 spiro atoms. The predicted molar refractivity (Wildman–Crippen MR) is 25.8 cm³/mol. The van der Waals surface area contributed by atoms with E-state index in [4.69, 9.17) is 0 Å². The third-order valence-corrected chi connectivity index (χ3v) is 6.16. The fourth-order valence-electron chi connectivity index (χ4n) is 0.349. The maximum absolute atomic E-state index is 3.41. The van der Waals surface area contributed by atoms with E-state index in [9.17, 15) is 0 Å². The van der Waals surface area contributed by atoms with Gasteiger partial charge in [0.25, 0.3) is 0 Å². The van der Waals surface area contributed by atoms with Crippen molar-refractivity contribution in [2.24, 2.45) is 0 Å². The number of hydrogen-bond acceptors (Lipinski definition) is 1. The SMILES string of the molecule is CC1CPN[I-]1. The van der Waals surface area contributed by atoms with Gasteiger partial charge in [-0.15, -0.1) is 0 Å². The van der Waals surface area contributed by atoms with Gasteiger partial charge in [-0.25, -0.2) is 0 Å². The van der Waals surface area contributed by atoms with Crippen molar-refractivity contribution in [1.82, 2.24) is 3.30 Å². The van der Waals surface area contributed by atoms with Crippen LogP contribution in [0.3, 0.4) is 0 Å². The zero-order valence-corrected chi connectivity index (χ0v) is 6.82. The van der Waals surface area contributed by atoms with Crippen LogP contribution >= 0.6 is 8.73 Å². The summed E-state index contributed by atoms with van der Waals surface area (Å²) in [5.74, 6) is 0. The normalized spacial score (nSPS) is 39.8. The van der Waals surface area contributed by atoms with Gasteiger partial charge in [0.2, 0.25) is 0 Å². The van der Waals surface area contributed by atoms with Gasteiger partial charge in [0.05, 0.1) is 0 Å². The molecule has 3 heteroatoms. The minimum atomic E-state index is 0.442. The van der Waals surface area contributed by atoms with Crippen LogP contribution in [0, 0.1) is 0 Å². The van der Waals surface area contributed by atoms with Crippen molar-refractivity contribution < 1.29 is 21.5 Å². The summed E-state index contributed by atoms with van der Waals surface area (Å²) in [5, 5.41) is 0. The van der Waals surface area contributed by atoms with Gasteiger partial charge in [-0.2, -0.15) is 0 Å². The van der Waals surface area contributed by atoms with Gasteiger partial charge in [-0.3, -0.25) is 0 Å². The molecule has 1 N–H and O–H groups in total. The van der Waals surface area contributed by atoms with E-state index >= 15 is 0 Å². The molecule has 2 atom stereocenters. The van der Waals surface area contributed by atoms with Crippen molar-refractivity contribution in [1.29, 1.82) is 0 Å². The van der Waals surface area contributed by atoms with Gasteiger partial charge in [-0.1, -0.05) is 0 Å². The molecule has 1 saturated heterocycles. The quantitative estimate of drug-likeness (QED) is 0.205. The van der Waals surface area contributed by atoms with Crippen LogP contribution in [0.2, 0.25) is 0 Å². The molecule has 1 nitrogen and oxygen atoms in total. The van der Waals surface area contributed by atoms with Crippen LogP contribution in [0.4, 0.5) is 0 Å². The van der Waals surface area contributed by atoms with Crippen molar-refractivity contribution in [2.75, 3.05) is 6.16 Å². The third kappa shape index (κ3) is 1.32. The summed E-state index contributed by atoms with van der Waals surface area (Å²) in [6.45, 7) is 2.33. The standard InChI is InChI=1S/C3H8INP/c1-3-2-6-5-4-3/h3,5-6H,2H2,1H3/q-1. The fraction of sp³-hybridized carbons (Fsp3) is 1.00. The van der Waals surface area contributed by atoms with Gasteiger partial charge >= 0.3 is 50.5 Å². The van der Waals surface area contributed by atoms with Crippen molar-refractivity contribution in [3.63, 3.8) is 0 Å². The number of rotatable bonds is 0. The van der Waals surface area contributed by atoms with Crippen molar-refractivity contribution in [2.45, 2.75) is 10.8 Å². The Morgan fingerprint density at radius 3 is 3.00 bits per heavy atom. The van der Waals surface area contributed by atoms with Gasteiger partial charge in [0, 0.05) is 0 Å². The van der Waals surface area contributed by atoms with Gasteiger partial charge in [0.1, 0.15) is 0 Å². The summed E-state index contributed by atoms with van der Waals surface area (Å²) in [5.41, 5.74) is 0. The average Bonchev–Trinajstić information content (AvgIpc) is 1.86. The van der Waals surface area contributed by atoms with Crippen LogP contribution in [0.5, 0.6) is 0 Å². The second-order valence-corrected chi connectivity index (χ2v) is 6.68. The summed E-state index contributed by atoms with van der Waals surface area (Å²) in [6.07, 6.45) is 1.45. The van der Waals surface area contributed by atoms with Crippen LogP contribution in [-0.4, -0.2) is 10.1 Å². The van der Waals surface area contributed by atoms with E-state index in [2.05, 4.69) is 10.2 Å². The van der Waals surface area contributed by atoms with E-state index in [1.165, 1.54) is 6.16 Å².